The fourth-order valence-electron chi connectivity index (χ4n) is 1.82. The molecule has 6 nitrogen and oxygen atoms in total. The summed E-state index contributed by atoms with van der Waals surface area (Å²) in [6, 6.07) is -0.899. The number of thiazole rings is 1. The largest absolute Gasteiger partial charge is 0.480 e. The van der Waals surface area contributed by atoms with E-state index in [0.717, 1.165) is 21.9 Å². The molecule has 0 saturated carbocycles. The van der Waals surface area contributed by atoms with Crippen LogP contribution in [0.1, 0.15) is 30.8 Å². The van der Waals surface area contributed by atoms with Gasteiger partial charge in [0, 0.05) is 23.5 Å². The van der Waals surface area contributed by atoms with E-state index in [1.807, 2.05) is 13.8 Å². The highest BCUT2D eigenvalue weighted by atomic mass is 32.1. The van der Waals surface area contributed by atoms with Crippen LogP contribution in [0.25, 0.3) is 0 Å². The highest BCUT2D eigenvalue weighted by Gasteiger charge is 2.23. The number of aryl methyl sites for hydroxylation is 1. The summed E-state index contributed by atoms with van der Waals surface area (Å²) >= 11 is 1.15. The summed E-state index contributed by atoms with van der Waals surface area (Å²) < 4.78 is 1.55. The standard InChI is InChI=1S/C13H20N2O4S/c1-7(2)11(12(17)18)14-10(16)5-6-15-8(3)9(4)20-13(15)19/h7,11H,5-6H2,1-4H3,(H,14,16)(H,17,18)/t11-/m1/s1. The third-order valence-corrected chi connectivity index (χ3v) is 4.18. The number of nitrogens with zero attached hydrogens (tertiary/aromatic N) is 1. The van der Waals surface area contributed by atoms with Crippen LogP contribution < -0.4 is 10.2 Å². The van der Waals surface area contributed by atoms with Gasteiger partial charge in [-0.15, -0.1) is 0 Å². The molecular formula is C13H20N2O4S. The first-order valence-corrected chi connectivity index (χ1v) is 7.24. The topological polar surface area (TPSA) is 88.4 Å². The predicted octanol–water partition coefficient (Wildman–Crippen LogP) is 1.14. The molecule has 0 aliphatic carbocycles. The van der Waals surface area contributed by atoms with Gasteiger partial charge in [-0.2, -0.15) is 0 Å². The Morgan fingerprint density at radius 2 is 1.95 bits per heavy atom. The third kappa shape index (κ3) is 3.93. The molecule has 0 radical (unpaired) electrons. The van der Waals surface area contributed by atoms with Crippen molar-refractivity contribution in [3.8, 4) is 0 Å². The van der Waals surface area contributed by atoms with E-state index in [1.54, 1.807) is 18.4 Å². The van der Waals surface area contributed by atoms with Crippen LogP contribution in [0.5, 0.6) is 0 Å². The molecular weight excluding hydrogens is 280 g/mol. The van der Waals surface area contributed by atoms with Crippen LogP contribution in [-0.2, 0) is 16.1 Å². The molecule has 7 heteroatoms. The number of carbonyl (C=O) groups excluding carboxylic acids is 1. The van der Waals surface area contributed by atoms with Gasteiger partial charge in [0.2, 0.25) is 5.91 Å². The molecule has 1 atom stereocenters. The van der Waals surface area contributed by atoms with Crippen molar-refractivity contribution in [3.05, 3.63) is 20.2 Å². The second-order valence-electron chi connectivity index (χ2n) is 5.04. The van der Waals surface area contributed by atoms with Gasteiger partial charge in [-0.05, 0) is 19.8 Å². The molecule has 1 amide bonds. The van der Waals surface area contributed by atoms with Crippen LogP contribution in [0.4, 0.5) is 0 Å². The summed E-state index contributed by atoms with van der Waals surface area (Å²) in [6.07, 6.45) is 0.0907. The maximum absolute atomic E-state index is 11.8. The Morgan fingerprint density at radius 1 is 1.35 bits per heavy atom. The predicted molar refractivity (Wildman–Crippen MR) is 77.1 cm³/mol. The number of hydrogen-bond acceptors (Lipinski definition) is 4. The number of carbonyl (C=O) groups is 2. The van der Waals surface area contributed by atoms with E-state index < -0.39 is 12.0 Å². The van der Waals surface area contributed by atoms with Crippen molar-refractivity contribution in [3.63, 3.8) is 0 Å². The molecule has 0 unspecified atom stereocenters. The number of carboxylic acid groups (broad SMARTS) is 1. The molecule has 1 heterocycles. The highest BCUT2D eigenvalue weighted by Crippen LogP contribution is 2.10. The van der Waals surface area contributed by atoms with Crippen LogP contribution in [0, 0.1) is 19.8 Å². The molecule has 112 valence electrons. The molecule has 0 aromatic carbocycles. The van der Waals surface area contributed by atoms with E-state index in [4.69, 9.17) is 5.11 Å². The second kappa shape index (κ2) is 6.69. The van der Waals surface area contributed by atoms with Crippen molar-refractivity contribution in [2.75, 3.05) is 0 Å². The van der Waals surface area contributed by atoms with Gasteiger partial charge in [-0.3, -0.25) is 9.59 Å². The second-order valence-corrected chi connectivity index (χ2v) is 6.20. The number of rotatable bonds is 6. The fourth-order valence-corrected chi connectivity index (χ4v) is 2.68. The Hall–Kier alpha value is -1.63. The van der Waals surface area contributed by atoms with E-state index in [9.17, 15) is 14.4 Å². The van der Waals surface area contributed by atoms with Gasteiger partial charge in [0.15, 0.2) is 0 Å². The summed E-state index contributed by atoms with van der Waals surface area (Å²) in [4.78, 5) is 35.3. The average molecular weight is 300 g/mol. The van der Waals surface area contributed by atoms with Crippen LogP contribution in [-0.4, -0.2) is 27.6 Å². The van der Waals surface area contributed by atoms with Crippen molar-refractivity contribution >= 4 is 23.2 Å². The zero-order valence-electron chi connectivity index (χ0n) is 12.1. The summed E-state index contributed by atoms with van der Waals surface area (Å²) in [5.41, 5.74) is 0.853. The molecule has 1 aromatic rings. The SMILES string of the molecule is Cc1sc(=O)n(CCC(=O)N[C@@H](C(=O)O)C(C)C)c1C. The minimum absolute atomic E-state index is 0.0907. The number of aromatic nitrogens is 1. The van der Waals surface area contributed by atoms with Crippen molar-refractivity contribution in [2.45, 2.75) is 46.7 Å². The van der Waals surface area contributed by atoms with Crippen LogP contribution in [0.2, 0.25) is 0 Å². The maximum Gasteiger partial charge on any atom is 0.326 e. The van der Waals surface area contributed by atoms with Crippen LogP contribution in [0.15, 0.2) is 4.79 Å². The Bertz CT molecular complexity index is 559. The lowest BCUT2D eigenvalue weighted by atomic mass is 10.0. The summed E-state index contributed by atoms with van der Waals surface area (Å²) in [5, 5.41) is 11.5. The van der Waals surface area contributed by atoms with Gasteiger partial charge in [0.1, 0.15) is 6.04 Å². The summed E-state index contributed by atoms with van der Waals surface area (Å²) in [7, 11) is 0. The van der Waals surface area contributed by atoms with Gasteiger partial charge >= 0.3 is 10.8 Å². The van der Waals surface area contributed by atoms with Crippen LogP contribution >= 0.6 is 11.3 Å². The first kappa shape index (κ1) is 16.4. The molecule has 0 aliphatic heterocycles. The fraction of sp³-hybridized carbons (Fsp3) is 0.615. The van der Waals surface area contributed by atoms with Gasteiger partial charge < -0.3 is 15.0 Å². The quantitative estimate of drug-likeness (QED) is 0.824. The minimum atomic E-state index is -1.05. The number of aliphatic carboxylic acids is 1. The lowest BCUT2D eigenvalue weighted by Crippen LogP contribution is -2.44. The lowest BCUT2D eigenvalue weighted by molar-refractivity contribution is -0.143. The van der Waals surface area contributed by atoms with Crippen molar-refractivity contribution in [2.24, 2.45) is 5.92 Å². The minimum Gasteiger partial charge on any atom is -0.480 e. The van der Waals surface area contributed by atoms with E-state index in [2.05, 4.69) is 5.32 Å². The van der Waals surface area contributed by atoms with E-state index >= 15 is 0 Å². The smallest absolute Gasteiger partial charge is 0.326 e. The molecule has 20 heavy (non-hydrogen) atoms. The molecule has 2 N–H and O–H groups in total. The first-order valence-electron chi connectivity index (χ1n) is 6.43. The van der Waals surface area contributed by atoms with Crippen molar-refractivity contribution in [1.29, 1.82) is 0 Å². The number of amides is 1. The Morgan fingerprint density at radius 3 is 2.35 bits per heavy atom. The first-order chi connectivity index (χ1) is 9.23. The normalized spacial score (nSPS) is 12.4. The molecule has 0 bridgehead atoms. The number of carboxylic acids is 1. The molecule has 1 aromatic heterocycles. The van der Waals surface area contributed by atoms with E-state index in [0.29, 0.717) is 0 Å². The van der Waals surface area contributed by atoms with Gasteiger partial charge in [0.25, 0.3) is 0 Å². The Kier molecular flexibility index (Phi) is 5.50. The summed E-state index contributed by atoms with van der Waals surface area (Å²) in [6.45, 7) is 7.42. The van der Waals surface area contributed by atoms with E-state index in [1.165, 1.54) is 0 Å². The van der Waals surface area contributed by atoms with Gasteiger partial charge in [-0.1, -0.05) is 25.2 Å². The van der Waals surface area contributed by atoms with Crippen molar-refractivity contribution in [1.82, 2.24) is 9.88 Å². The molecule has 0 fully saturated rings. The molecule has 0 spiro atoms. The third-order valence-electron chi connectivity index (χ3n) is 3.19. The van der Waals surface area contributed by atoms with Gasteiger partial charge in [-0.25, -0.2) is 4.79 Å². The van der Waals surface area contributed by atoms with E-state index in [-0.39, 0.29) is 29.7 Å². The molecule has 0 aliphatic rings. The average Bonchev–Trinajstić information content (AvgIpc) is 2.57. The monoisotopic (exact) mass is 300 g/mol. The lowest BCUT2D eigenvalue weighted by Gasteiger charge is -2.17. The zero-order chi connectivity index (χ0) is 15.4. The molecule has 1 rings (SSSR count). The Labute approximate surface area is 121 Å². The molecule has 0 saturated heterocycles. The van der Waals surface area contributed by atoms with Crippen molar-refractivity contribution < 1.29 is 14.7 Å². The summed E-state index contributed by atoms with van der Waals surface area (Å²) in [5.74, 6) is -1.60. The number of nitrogens with one attached hydrogen (secondary N) is 1. The zero-order valence-corrected chi connectivity index (χ0v) is 12.9. The highest BCUT2D eigenvalue weighted by molar-refractivity contribution is 7.09. The van der Waals surface area contributed by atoms with Gasteiger partial charge in [0.05, 0.1) is 0 Å². The van der Waals surface area contributed by atoms with Crippen LogP contribution in [0.3, 0.4) is 0 Å². The Balaban J connectivity index is 2.64. The maximum atomic E-state index is 11.8. The number of hydrogen-bond donors (Lipinski definition) is 2.